The number of piperidine rings is 1. The van der Waals surface area contributed by atoms with Crippen molar-refractivity contribution in [2.24, 2.45) is 17.8 Å². The molecule has 1 N–H and O–H groups in total. The summed E-state index contributed by atoms with van der Waals surface area (Å²) in [6.45, 7) is 7.36. The predicted octanol–water partition coefficient (Wildman–Crippen LogP) is 2.58. The van der Waals surface area contributed by atoms with Crippen LogP contribution in [0.5, 0.6) is 0 Å². The van der Waals surface area contributed by atoms with E-state index in [0.717, 1.165) is 0 Å². The Balaban J connectivity index is 1.54. The fourth-order valence-electron chi connectivity index (χ4n) is 3.91. The summed E-state index contributed by atoms with van der Waals surface area (Å²) in [5.74, 6) is -0.889. The summed E-state index contributed by atoms with van der Waals surface area (Å²) < 4.78 is 14.0. The van der Waals surface area contributed by atoms with Gasteiger partial charge in [-0.25, -0.2) is 4.39 Å². The number of anilines is 1. The first-order valence-corrected chi connectivity index (χ1v) is 10.4. The fourth-order valence-corrected chi connectivity index (χ4v) is 3.91. The minimum absolute atomic E-state index is 0.0556. The van der Waals surface area contributed by atoms with Gasteiger partial charge in [-0.15, -0.1) is 0 Å². The molecule has 0 bridgehead atoms. The quantitative estimate of drug-likeness (QED) is 0.822. The number of nitrogens with one attached hydrogen (secondary N) is 1. The van der Waals surface area contributed by atoms with Crippen molar-refractivity contribution >= 4 is 23.4 Å². The van der Waals surface area contributed by atoms with Gasteiger partial charge < -0.3 is 15.1 Å². The lowest BCUT2D eigenvalue weighted by atomic mass is 9.93. The average Bonchev–Trinajstić information content (AvgIpc) is 3.09. The molecule has 158 valence electrons. The van der Waals surface area contributed by atoms with Crippen molar-refractivity contribution in [3.05, 3.63) is 30.1 Å². The number of hydrogen-bond acceptors (Lipinski definition) is 3. The van der Waals surface area contributed by atoms with Gasteiger partial charge >= 0.3 is 0 Å². The summed E-state index contributed by atoms with van der Waals surface area (Å²) in [4.78, 5) is 40.8. The van der Waals surface area contributed by atoms with Gasteiger partial charge in [0.15, 0.2) is 0 Å². The number of nitrogens with zero attached hydrogens (tertiary/aromatic N) is 2. The van der Waals surface area contributed by atoms with Crippen LogP contribution in [0.4, 0.5) is 10.1 Å². The number of halogens is 1. The molecule has 0 radical (unpaired) electrons. The Morgan fingerprint density at radius 2 is 1.76 bits per heavy atom. The van der Waals surface area contributed by atoms with Crippen LogP contribution in [0.25, 0.3) is 0 Å². The molecule has 2 aliphatic rings. The van der Waals surface area contributed by atoms with E-state index < -0.39 is 11.7 Å². The van der Waals surface area contributed by atoms with Crippen molar-refractivity contribution in [2.75, 3.05) is 24.5 Å². The van der Waals surface area contributed by atoms with Crippen molar-refractivity contribution in [2.45, 2.75) is 46.1 Å². The van der Waals surface area contributed by atoms with E-state index in [2.05, 4.69) is 19.2 Å². The number of hydrogen-bond donors (Lipinski definition) is 1. The molecule has 1 aromatic carbocycles. The van der Waals surface area contributed by atoms with Crippen LogP contribution in [-0.4, -0.2) is 48.3 Å². The Morgan fingerprint density at radius 3 is 2.38 bits per heavy atom. The van der Waals surface area contributed by atoms with E-state index in [-0.39, 0.29) is 48.3 Å². The highest BCUT2D eigenvalue weighted by Gasteiger charge is 2.39. The molecule has 3 amide bonds. The number of para-hydroxylation sites is 1. The lowest BCUT2D eigenvalue weighted by Gasteiger charge is -2.33. The molecule has 7 heteroatoms. The molecule has 2 fully saturated rings. The normalized spacial score (nSPS) is 21.6. The minimum Gasteiger partial charge on any atom is -0.353 e. The Morgan fingerprint density at radius 1 is 1.10 bits per heavy atom. The van der Waals surface area contributed by atoms with Gasteiger partial charge in [-0.3, -0.25) is 14.4 Å². The van der Waals surface area contributed by atoms with Gasteiger partial charge in [0.25, 0.3) is 0 Å². The third-order valence-electron chi connectivity index (χ3n) is 6.16. The molecule has 0 aliphatic carbocycles. The van der Waals surface area contributed by atoms with Crippen LogP contribution in [0.15, 0.2) is 24.3 Å². The molecule has 2 aliphatic heterocycles. The summed E-state index contributed by atoms with van der Waals surface area (Å²) in [7, 11) is 0. The highest BCUT2D eigenvalue weighted by molar-refractivity contribution is 6.00. The predicted molar refractivity (Wildman–Crippen MR) is 109 cm³/mol. The standard InChI is InChI=1S/C22H30FN3O3/c1-14(2)15(3)24-21(28)16-8-10-25(11-9-16)22(29)17-12-20(27)26(13-17)19-7-5-4-6-18(19)23/h4-7,14-17H,8-13H2,1-3H3,(H,24,28)/t15-,17+/m0/s1. The maximum absolute atomic E-state index is 14.0. The van der Waals surface area contributed by atoms with E-state index in [1.165, 1.54) is 11.0 Å². The molecule has 0 aromatic heterocycles. The maximum Gasteiger partial charge on any atom is 0.228 e. The molecule has 0 spiro atoms. The number of likely N-dealkylation sites (tertiary alicyclic amines) is 1. The van der Waals surface area contributed by atoms with Crippen molar-refractivity contribution in [3.8, 4) is 0 Å². The summed E-state index contributed by atoms with van der Waals surface area (Å²) in [5.41, 5.74) is 0.224. The van der Waals surface area contributed by atoms with Crippen molar-refractivity contribution < 1.29 is 18.8 Å². The van der Waals surface area contributed by atoms with Gasteiger partial charge in [-0.2, -0.15) is 0 Å². The summed E-state index contributed by atoms with van der Waals surface area (Å²) in [6.07, 6.45) is 1.35. The van der Waals surface area contributed by atoms with E-state index >= 15 is 0 Å². The SMILES string of the molecule is CC(C)[C@H](C)NC(=O)C1CCN(C(=O)[C@@H]2CC(=O)N(c3ccccc3F)C2)CC1. The lowest BCUT2D eigenvalue weighted by Crippen LogP contribution is -2.47. The van der Waals surface area contributed by atoms with Gasteiger partial charge in [-0.05, 0) is 37.8 Å². The topological polar surface area (TPSA) is 69.7 Å². The van der Waals surface area contributed by atoms with Gasteiger partial charge in [0.05, 0.1) is 11.6 Å². The maximum atomic E-state index is 14.0. The van der Waals surface area contributed by atoms with E-state index in [1.807, 2.05) is 6.92 Å². The summed E-state index contributed by atoms with van der Waals surface area (Å²) in [5, 5.41) is 3.05. The number of amides is 3. The van der Waals surface area contributed by atoms with E-state index in [1.54, 1.807) is 23.1 Å². The number of rotatable bonds is 5. The molecule has 0 saturated carbocycles. The highest BCUT2D eigenvalue weighted by atomic mass is 19.1. The molecular weight excluding hydrogens is 373 g/mol. The van der Waals surface area contributed by atoms with E-state index in [4.69, 9.17) is 0 Å². The third-order valence-corrected chi connectivity index (χ3v) is 6.16. The first-order chi connectivity index (χ1) is 13.8. The molecule has 0 unspecified atom stereocenters. The fraction of sp³-hybridized carbons (Fsp3) is 0.591. The summed E-state index contributed by atoms with van der Waals surface area (Å²) in [6, 6.07) is 6.24. The minimum atomic E-state index is -0.464. The molecule has 6 nitrogen and oxygen atoms in total. The van der Waals surface area contributed by atoms with Gasteiger partial charge in [0.2, 0.25) is 17.7 Å². The van der Waals surface area contributed by atoms with E-state index in [0.29, 0.717) is 31.8 Å². The Bertz CT molecular complexity index is 774. The molecule has 2 saturated heterocycles. The van der Waals surface area contributed by atoms with Crippen LogP contribution in [0.1, 0.15) is 40.0 Å². The monoisotopic (exact) mass is 403 g/mol. The zero-order chi connectivity index (χ0) is 21.1. The van der Waals surface area contributed by atoms with Crippen molar-refractivity contribution in [3.63, 3.8) is 0 Å². The van der Waals surface area contributed by atoms with Crippen LogP contribution < -0.4 is 10.2 Å². The second-order valence-electron chi connectivity index (χ2n) is 8.50. The van der Waals surface area contributed by atoms with Crippen molar-refractivity contribution in [1.29, 1.82) is 0 Å². The number of carbonyl (C=O) groups is 3. The van der Waals surface area contributed by atoms with Crippen LogP contribution in [0, 0.1) is 23.6 Å². The second kappa shape index (κ2) is 8.93. The van der Waals surface area contributed by atoms with Gasteiger partial charge in [-0.1, -0.05) is 26.0 Å². The van der Waals surface area contributed by atoms with E-state index in [9.17, 15) is 18.8 Å². The van der Waals surface area contributed by atoms with Crippen molar-refractivity contribution in [1.82, 2.24) is 10.2 Å². The van der Waals surface area contributed by atoms with Crippen LogP contribution >= 0.6 is 0 Å². The Labute approximate surface area is 171 Å². The summed E-state index contributed by atoms with van der Waals surface area (Å²) >= 11 is 0. The molecule has 2 atom stereocenters. The Hall–Kier alpha value is -2.44. The first kappa shape index (κ1) is 21.3. The van der Waals surface area contributed by atoms with Crippen LogP contribution in [-0.2, 0) is 14.4 Å². The van der Waals surface area contributed by atoms with Crippen LogP contribution in [0.2, 0.25) is 0 Å². The zero-order valence-electron chi connectivity index (χ0n) is 17.4. The number of benzene rings is 1. The van der Waals surface area contributed by atoms with Gasteiger partial charge in [0, 0.05) is 38.0 Å². The first-order valence-electron chi connectivity index (χ1n) is 10.4. The number of carbonyl (C=O) groups excluding carboxylic acids is 3. The highest BCUT2D eigenvalue weighted by Crippen LogP contribution is 2.29. The third kappa shape index (κ3) is 4.77. The molecule has 2 heterocycles. The average molecular weight is 403 g/mol. The lowest BCUT2D eigenvalue weighted by molar-refractivity contribution is -0.139. The zero-order valence-corrected chi connectivity index (χ0v) is 17.4. The Kier molecular flexibility index (Phi) is 6.55. The second-order valence-corrected chi connectivity index (χ2v) is 8.50. The smallest absolute Gasteiger partial charge is 0.228 e. The molecular formula is C22H30FN3O3. The van der Waals surface area contributed by atoms with Crippen LogP contribution in [0.3, 0.4) is 0 Å². The molecule has 1 aromatic rings. The largest absolute Gasteiger partial charge is 0.353 e. The van der Waals surface area contributed by atoms with Gasteiger partial charge in [0.1, 0.15) is 5.82 Å². The molecule has 29 heavy (non-hydrogen) atoms. The molecule has 3 rings (SSSR count).